The molecule has 0 amide bonds. The van der Waals surface area contributed by atoms with Crippen LogP contribution >= 0.6 is 7.68 Å². The average molecular weight is 196 g/mol. The summed E-state index contributed by atoms with van der Waals surface area (Å²) in [7, 11) is -3.75. The quantitative estimate of drug-likeness (QED) is 0.606. The third-order valence-electron chi connectivity index (χ3n) is 1.71. The van der Waals surface area contributed by atoms with E-state index in [2.05, 4.69) is 11.4 Å². The van der Waals surface area contributed by atoms with Gasteiger partial charge in [0, 0.05) is 0 Å². The van der Waals surface area contributed by atoms with Crippen molar-refractivity contribution >= 4 is 7.68 Å². The van der Waals surface area contributed by atoms with Gasteiger partial charge < -0.3 is 4.52 Å². The first-order chi connectivity index (χ1) is 5.52. The van der Waals surface area contributed by atoms with E-state index >= 15 is 0 Å². The van der Waals surface area contributed by atoms with Crippen molar-refractivity contribution in [1.29, 1.82) is 0 Å². The van der Waals surface area contributed by atoms with Crippen LogP contribution in [0.3, 0.4) is 0 Å². The zero-order valence-electron chi connectivity index (χ0n) is 8.05. The summed E-state index contributed by atoms with van der Waals surface area (Å²) >= 11 is 0. The highest BCUT2D eigenvalue weighted by atomic mass is 31.2. The molecule has 2 atom stereocenters. The molecule has 0 saturated carbocycles. The Labute approximate surface area is 74.1 Å². The fraction of sp³-hybridized carbons (Fsp3) is 1.00. The smallest absolute Gasteiger partial charge is 0.305 e. The van der Waals surface area contributed by atoms with Crippen molar-refractivity contribution < 1.29 is 13.3 Å². The van der Waals surface area contributed by atoms with E-state index in [9.17, 15) is 8.76 Å². The SMILES string of the molecule is CCCC(C)COP(=O)(F)CC. The summed E-state index contributed by atoms with van der Waals surface area (Å²) in [5, 5.41) is 0. The van der Waals surface area contributed by atoms with Gasteiger partial charge >= 0.3 is 7.68 Å². The molecule has 0 heterocycles. The van der Waals surface area contributed by atoms with Gasteiger partial charge in [-0.15, -0.1) is 0 Å². The molecule has 0 aromatic rings. The van der Waals surface area contributed by atoms with Crippen molar-refractivity contribution in [3.05, 3.63) is 0 Å². The molecule has 0 rings (SSSR count). The minimum Gasteiger partial charge on any atom is -0.305 e. The van der Waals surface area contributed by atoms with E-state index in [-0.39, 0.29) is 12.8 Å². The van der Waals surface area contributed by atoms with E-state index in [0.717, 1.165) is 12.8 Å². The molecule has 0 spiro atoms. The average Bonchev–Trinajstić information content (AvgIpc) is 2.02. The van der Waals surface area contributed by atoms with E-state index in [1.54, 1.807) is 0 Å². The van der Waals surface area contributed by atoms with Crippen LogP contribution < -0.4 is 0 Å². The van der Waals surface area contributed by atoms with Crippen LogP contribution in [-0.4, -0.2) is 12.8 Å². The fourth-order valence-electron chi connectivity index (χ4n) is 0.906. The Balaban J connectivity index is 3.60. The lowest BCUT2D eigenvalue weighted by Crippen LogP contribution is -2.03. The predicted molar refractivity (Wildman–Crippen MR) is 49.3 cm³/mol. The van der Waals surface area contributed by atoms with Crippen molar-refractivity contribution in [2.45, 2.75) is 33.6 Å². The molecule has 4 heteroatoms. The number of hydrogen-bond donors (Lipinski definition) is 0. The van der Waals surface area contributed by atoms with Gasteiger partial charge in [-0.2, -0.15) is 4.20 Å². The fourth-order valence-corrected chi connectivity index (χ4v) is 1.57. The molecule has 74 valence electrons. The Morgan fingerprint density at radius 1 is 1.50 bits per heavy atom. The second kappa shape index (κ2) is 5.71. The van der Waals surface area contributed by atoms with E-state index in [0.29, 0.717) is 5.92 Å². The molecule has 0 aliphatic heterocycles. The molecule has 2 unspecified atom stereocenters. The maximum absolute atomic E-state index is 12.8. The number of halogens is 1. The third-order valence-corrected chi connectivity index (χ3v) is 3.00. The van der Waals surface area contributed by atoms with Gasteiger partial charge in [0.25, 0.3) is 0 Å². The molecular weight excluding hydrogens is 178 g/mol. The van der Waals surface area contributed by atoms with E-state index in [1.807, 2.05) is 6.92 Å². The lowest BCUT2D eigenvalue weighted by Gasteiger charge is -2.12. The van der Waals surface area contributed by atoms with Crippen LogP contribution in [0.25, 0.3) is 0 Å². The lowest BCUT2D eigenvalue weighted by molar-refractivity contribution is 0.235. The molecule has 0 aromatic heterocycles. The highest BCUT2D eigenvalue weighted by Gasteiger charge is 2.19. The Kier molecular flexibility index (Phi) is 5.77. The standard InChI is InChI=1S/C8H18FO2P/c1-4-6-8(3)7-11-12(9,10)5-2/h8H,4-7H2,1-3H3. The molecule has 12 heavy (non-hydrogen) atoms. The minimum absolute atomic E-state index is 0.0220. The van der Waals surface area contributed by atoms with Gasteiger partial charge in [-0.3, -0.25) is 4.57 Å². The van der Waals surface area contributed by atoms with Gasteiger partial charge in [0.1, 0.15) is 0 Å². The highest BCUT2D eigenvalue weighted by molar-refractivity contribution is 7.53. The minimum atomic E-state index is -3.75. The van der Waals surface area contributed by atoms with E-state index < -0.39 is 7.68 Å². The summed E-state index contributed by atoms with van der Waals surface area (Å²) < 4.78 is 28.2. The van der Waals surface area contributed by atoms with Gasteiger partial charge in [-0.05, 0) is 12.3 Å². The first kappa shape index (κ1) is 12.1. The van der Waals surface area contributed by atoms with Gasteiger partial charge in [-0.1, -0.05) is 27.2 Å². The summed E-state index contributed by atoms with van der Waals surface area (Å²) in [5.41, 5.74) is 0. The van der Waals surface area contributed by atoms with E-state index in [4.69, 9.17) is 0 Å². The molecule has 0 N–H and O–H groups in total. The number of rotatable bonds is 6. The summed E-state index contributed by atoms with van der Waals surface area (Å²) in [6.45, 7) is 5.84. The Morgan fingerprint density at radius 2 is 2.08 bits per heavy atom. The number of hydrogen-bond acceptors (Lipinski definition) is 2. The Hall–Kier alpha value is 0.120. The van der Waals surface area contributed by atoms with Gasteiger partial charge in [0.15, 0.2) is 0 Å². The molecule has 0 radical (unpaired) electrons. The molecule has 0 aliphatic carbocycles. The van der Waals surface area contributed by atoms with Crippen molar-refractivity contribution in [2.75, 3.05) is 12.8 Å². The third kappa shape index (κ3) is 5.73. The summed E-state index contributed by atoms with van der Waals surface area (Å²) in [4.78, 5) is 0. The molecule has 0 aliphatic rings. The second-order valence-corrected chi connectivity index (χ2v) is 5.17. The van der Waals surface area contributed by atoms with Crippen LogP contribution in [0.2, 0.25) is 0 Å². The van der Waals surface area contributed by atoms with Crippen molar-refractivity contribution in [3.8, 4) is 0 Å². The molecular formula is C8H18FO2P. The van der Waals surface area contributed by atoms with Crippen LogP contribution in [0.15, 0.2) is 0 Å². The monoisotopic (exact) mass is 196 g/mol. The molecule has 0 saturated heterocycles. The molecule has 0 aromatic carbocycles. The lowest BCUT2D eigenvalue weighted by atomic mass is 10.1. The molecule has 2 nitrogen and oxygen atoms in total. The normalized spacial score (nSPS) is 18.7. The van der Waals surface area contributed by atoms with Crippen LogP contribution in [0.4, 0.5) is 4.20 Å². The maximum Gasteiger partial charge on any atom is 0.367 e. The van der Waals surface area contributed by atoms with Crippen LogP contribution in [-0.2, 0) is 9.09 Å². The van der Waals surface area contributed by atoms with Crippen LogP contribution in [0, 0.1) is 5.92 Å². The van der Waals surface area contributed by atoms with Crippen molar-refractivity contribution in [2.24, 2.45) is 5.92 Å². The topological polar surface area (TPSA) is 26.3 Å². The Bertz CT molecular complexity index is 161. The van der Waals surface area contributed by atoms with Crippen molar-refractivity contribution in [1.82, 2.24) is 0 Å². The largest absolute Gasteiger partial charge is 0.367 e. The van der Waals surface area contributed by atoms with Crippen molar-refractivity contribution in [3.63, 3.8) is 0 Å². The predicted octanol–water partition coefficient (Wildman–Crippen LogP) is 3.62. The molecule has 0 fully saturated rings. The van der Waals surface area contributed by atoms with E-state index in [1.165, 1.54) is 6.92 Å². The zero-order valence-corrected chi connectivity index (χ0v) is 8.94. The second-order valence-electron chi connectivity index (χ2n) is 3.10. The summed E-state index contributed by atoms with van der Waals surface area (Å²) in [6.07, 6.45) is 2.02. The van der Waals surface area contributed by atoms with Gasteiger partial charge in [0.2, 0.25) is 0 Å². The molecule has 0 bridgehead atoms. The van der Waals surface area contributed by atoms with Crippen LogP contribution in [0.1, 0.15) is 33.6 Å². The Morgan fingerprint density at radius 3 is 2.50 bits per heavy atom. The van der Waals surface area contributed by atoms with Gasteiger partial charge in [0.05, 0.1) is 12.8 Å². The highest BCUT2D eigenvalue weighted by Crippen LogP contribution is 2.48. The summed E-state index contributed by atoms with van der Waals surface area (Å²) in [5.74, 6) is 0.297. The first-order valence-electron chi connectivity index (χ1n) is 4.45. The zero-order chi connectivity index (χ0) is 9.61. The maximum atomic E-state index is 12.8. The van der Waals surface area contributed by atoms with Gasteiger partial charge in [-0.25, -0.2) is 0 Å². The first-order valence-corrected chi connectivity index (χ1v) is 6.15. The summed E-state index contributed by atoms with van der Waals surface area (Å²) in [6, 6.07) is 0. The van der Waals surface area contributed by atoms with Crippen LogP contribution in [0.5, 0.6) is 0 Å².